The number of fused-ring (bicyclic) bond motifs is 1. The first kappa shape index (κ1) is 33.5. The minimum Gasteiger partial charge on any atom is -0.493 e. The molecule has 0 bridgehead atoms. The van der Waals surface area contributed by atoms with Crippen molar-refractivity contribution in [3.8, 4) is 34.3 Å². The predicted octanol–water partition coefficient (Wildman–Crippen LogP) is 6.05. The van der Waals surface area contributed by atoms with Crippen LogP contribution < -0.4 is 29.2 Å². The lowest BCUT2D eigenvalue weighted by Crippen LogP contribution is -2.24. The molecule has 254 valence electrons. The van der Waals surface area contributed by atoms with Gasteiger partial charge in [-0.3, -0.25) is 9.78 Å². The number of carbonyl (C=O) groups excluding carboxylic acids is 1. The fraction of sp³-hybridized carbons (Fsp3) is 0.316. The number of aliphatic hydroxyl groups excluding tert-OH is 1. The van der Waals surface area contributed by atoms with Crippen molar-refractivity contribution < 1.29 is 28.8 Å². The highest BCUT2D eigenvalue weighted by atomic mass is 16.5. The lowest BCUT2D eigenvalue weighted by atomic mass is 10.0. The van der Waals surface area contributed by atoms with Crippen LogP contribution in [0.1, 0.15) is 23.6 Å². The number of carbonyl (C=O) groups is 1. The van der Waals surface area contributed by atoms with Crippen molar-refractivity contribution in [1.29, 1.82) is 0 Å². The highest BCUT2D eigenvalue weighted by Crippen LogP contribution is 2.46. The smallest absolute Gasteiger partial charge is 0.229 e. The van der Waals surface area contributed by atoms with Crippen molar-refractivity contribution in [2.24, 2.45) is 17.8 Å². The molecule has 1 aliphatic rings. The van der Waals surface area contributed by atoms with Crippen LogP contribution in [0.5, 0.6) is 23.0 Å². The molecule has 6 rings (SSSR count). The number of aryl methyl sites for hydroxylation is 1. The molecule has 0 spiro atoms. The number of pyridine rings is 3. The Balaban J connectivity index is 1.48. The van der Waals surface area contributed by atoms with E-state index in [9.17, 15) is 9.90 Å². The molecule has 1 aliphatic carbocycles. The summed E-state index contributed by atoms with van der Waals surface area (Å²) in [7, 11) is 6.47. The van der Waals surface area contributed by atoms with Crippen LogP contribution in [-0.2, 0) is 17.9 Å². The second-order valence-electron chi connectivity index (χ2n) is 12.3. The summed E-state index contributed by atoms with van der Waals surface area (Å²) in [6.45, 7) is 4.92. The van der Waals surface area contributed by atoms with Gasteiger partial charge in [0.05, 0.1) is 34.1 Å². The standard InChI is InChI=1S/C38H41N5O6/c1-22-11-12-39-17-27(22)30-15-26-16-35(42-38(45)36-23(2)29(36)21-44)40-18-28(26)37(41-30)43(19-24-7-9-31(46-3)33(13-24)48-5)20-25-8-10-32(47-4)34(14-25)49-6/h7-18,23,29,36,44H,19-21H2,1-6H3,(H,40,42,45). The van der Waals surface area contributed by atoms with Gasteiger partial charge in [-0.2, -0.15) is 0 Å². The first-order chi connectivity index (χ1) is 23.8. The number of rotatable bonds is 13. The number of hydrogen-bond donors (Lipinski definition) is 2. The summed E-state index contributed by atoms with van der Waals surface area (Å²) >= 11 is 0. The fourth-order valence-electron chi connectivity index (χ4n) is 6.38. The molecular weight excluding hydrogens is 622 g/mol. The van der Waals surface area contributed by atoms with E-state index in [0.29, 0.717) is 47.7 Å². The fourth-order valence-corrected chi connectivity index (χ4v) is 6.38. The van der Waals surface area contributed by atoms with Crippen molar-refractivity contribution in [3.63, 3.8) is 0 Å². The lowest BCUT2D eigenvalue weighted by molar-refractivity contribution is -0.118. The number of nitrogens with one attached hydrogen (secondary N) is 1. The number of methoxy groups -OCH3 is 4. The zero-order valence-electron chi connectivity index (χ0n) is 28.6. The molecule has 2 aromatic carbocycles. The Morgan fingerprint density at radius 3 is 2.04 bits per heavy atom. The molecule has 11 heteroatoms. The monoisotopic (exact) mass is 663 g/mol. The normalized spacial score (nSPS) is 16.6. The Morgan fingerprint density at radius 2 is 1.49 bits per heavy atom. The van der Waals surface area contributed by atoms with Crippen LogP contribution >= 0.6 is 0 Å². The second-order valence-corrected chi connectivity index (χ2v) is 12.3. The molecule has 5 aromatic rings. The number of ether oxygens (including phenoxy) is 4. The third-order valence-corrected chi connectivity index (χ3v) is 9.28. The molecule has 11 nitrogen and oxygen atoms in total. The molecule has 1 fully saturated rings. The van der Waals surface area contributed by atoms with Crippen molar-refractivity contribution in [1.82, 2.24) is 15.0 Å². The number of hydrogen-bond acceptors (Lipinski definition) is 10. The number of anilines is 2. The maximum absolute atomic E-state index is 13.1. The van der Waals surface area contributed by atoms with Gasteiger partial charge in [0.25, 0.3) is 0 Å². The average molecular weight is 664 g/mol. The van der Waals surface area contributed by atoms with Crippen LogP contribution in [0.2, 0.25) is 0 Å². The second kappa shape index (κ2) is 14.4. The van der Waals surface area contributed by atoms with Crippen LogP contribution in [0.15, 0.2) is 73.2 Å². The van der Waals surface area contributed by atoms with Crippen LogP contribution in [0, 0.1) is 24.7 Å². The van der Waals surface area contributed by atoms with Gasteiger partial charge in [-0.05, 0) is 83.3 Å². The van der Waals surface area contributed by atoms with E-state index < -0.39 is 0 Å². The van der Waals surface area contributed by atoms with Crippen LogP contribution in [0.4, 0.5) is 11.6 Å². The van der Waals surface area contributed by atoms with Crippen LogP contribution in [0.3, 0.4) is 0 Å². The molecule has 0 saturated heterocycles. The topological polar surface area (TPSA) is 128 Å². The molecule has 3 aromatic heterocycles. The van der Waals surface area contributed by atoms with Gasteiger partial charge in [0.15, 0.2) is 23.0 Å². The van der Waals surface area contributed by atoms with Crippen LogP contribution in [-0.4, -0.2) is 61.0 Å². The largest absolute Gasteiger partial charge is 0.493 e. The molecule has 1 amide bonds. The molecule has 2 N–H and O–H groups in total. The SMILES string of the molecule is COc1ccc(CN(Cc2ccc(OC)c(OC)c2)c2nc(-c3cnccc3C)cc3cc(NC(=O)C4C(C)C4CO)ncc23)cc1OC. The molecule has 1 saturated carbocycles. The Labute approximate surface area is 285 Å². The summed E-state index contributed by atoms with van der Waals surface area (Å²) in [4.78, 5) is 29.6. The highest BCUT2D eigenvalue weighted by molar-refractivity contribution is 5.99. The molecule has 49 heavy (non-hydrogen) atoms. The van der Waals surface area contributed by atoms with E-state index in [0.717, 1.165) is 38.7 Å². The van der Waals surface area contributed by atoms with Gasteiger partial charge in [-0.25, -0.2) is 9.97 Å². The Morgan fingerprint density at radius 1 is 0.857 bits per heavy atom. The van der Waals surface area contributed by atoms with Gasteiger partial charge < -0.3 is 34.3 Å². The summed E-state index contributed by atoms with van der Waals surface area (Å²) in [6.07, 6.45) is 5.33. The summed E-state index contributed by atoms with van der Waals surface area (Å²) in [5, 5.41) is 14.3. The van der Waals surface area contributed by atoms with Gasteiger partial charge >= 0.3 is 0 Å². The Hall–Kier alpha value is -5.42. The van der Waals surface area contributed by atoms with E-state index in [1.165, 1.54) is 0 Å². The third kappa shape index (κ3) is 6.93. The van der Waals surface area contributed by atoms with Gasteiger partial charge in [-0.1, -0.05) is 19.1 Å². The molecule has 3 heterocycles. The zero-order chi connectivity index (χ0) is 34.7. The third-order valence-electron chi connectivity index (χ3n) is 9.28. The lowest BCUT2D eigenvalue weighted by Gasteiger charge is -2.27. The van der Waals surface area contributed by atoms with Gasteiger partial charge in [0.1, 0.15) is 11.6 Å². The summed E-state index contributed by atoms with van der Waals surface area (Å²) in [5.74, 6) is 3.38. The highest BCUT2D eigenvalue weighted by Gasteiger charge is 2.51. The number of aromatic nitrogens is 3. The molecule has 3 unspecified atom stereocenters. The number of amides is 1. The maximum atomic E-state index is 13.1. The number of nitrogens with zero attached hydrogens (tertiary/aromatic N) is 4. The first-order valence-electron chi connectivity index (χ1n) is 16.1. The molecule has 3 atom stereocenters. The summed E-state index contributed by atoms with van der Waals surface area (Å²) in [5.41, 5.74) is 4.61. The van der Waals surface area contributed by atoms with E-state index in [2.05, 4.69) is 20.2 Å². The molecule has 0 aliphatic heterocycles. The average Bonchev–Trinajstić information content (AvgIpc) is 3.80. The van der Waals surface area contributed by atoms with E-state index in [4.69, 9.17) is 23.9 Å². The van der Waals surface area contributed by atoms with Crippen molar-refractivity contribution in [3.05, 3.63) is 89.9 Å². The quantitative estimate of drug-likeness (QED) is 0.154. The van der Waals surface area contributed by atoms with Crippen molar-refractivity contribution in [2.75, 3.05) is 45.3 Å². The number of benzene rings is 2. The first-order valence-corrected chi connectivity index (χ1v) is 16.1. The minimum atomic E-state index is -0.234. The van der Waals surface area contributed by atoms with Crippen molar-refractivity contribution in [2.45, 2.75) is 26.9 Å². The summed E-state index contributed by atoms with van der Waals surface area (Å²) in [6, 6.07) is 17.5. The Kier molecular flexibility index (Phi) is 9.82. The molecular formula is C38H41N5O6. The molecule has 0 radical (unpaired) electrons. The maximum Gasteiger partial charge on any atom is 0.229 e. The predicted molar refractivity (Wildman–Crippen MR) is 188 cm³/mol. The van der Waals surface area contributed by atoms with Gasteiger partial charge in [-0.15, -0.1) is 0 Å². The van der Waals surface area contributed by atoms with Gasteiger partial charge in [0.2, 0.25) is 5.91 Å². The van der Waals surface area contributed by atoms with E-state index in [1.807, 2.05) is 74.6 Å². The number of aliphatic hydroxyl groups is 1. The van der Waals surface area contributed by atoms with Crippen molar-refractivity contribution >= 4 is 28.3 Å². The van der Waals surface area contributed by atoms with Crippen LogP contribution in [0.25, 0.3) is 22.0 Å². The zero-order valence-corrected chi connectivity index (χ0v) is 28.6. The van der Waals surface area contributed by atoms with E-state index in [1.54, 1.807) is 40.8 Å². The van der Waals surface area contributed by atoms with E-state index >= 15 is 0 Å². The Bertz CT molecular complexity index is 1930. The van der Waals surface area contributed by atoms with E-state index in [-0.39, 0.29) is 30.3 Å². The van der Waals surface area contributed by atoms with Gasteiger partial charge in [0, 0.05) is 55.2 Å². The summed E-state index contributed by atoms with van der Waals surface area (Å²) < 4.78 is 22.3. The minimum absolute atomic E-state index is 0.0107.